The van der Waals surface area contributed by atoms with Gasteiger partial charge in [0.25, 0.3) is 0 Å². The minimum absolute atomic E-state index is 0.0844. The highest BCUT2D eigenvalue weighted by Gasteiger charge is 2.24. The first-order chi connectivity index (χ1) is 10.2. The topological polar surface area (TPSA) is 9.23 Å². The first kappa shape index (κ1) is 15.9. The Labute approximate surface area is 132 Å². The molecule has 0 saturated heterocycles. The van der Waals surface area contributed by atoms with Crippen molar-refractivity contribution in [1.82, 2.24) is 0 Å². The number of hydrogen-bond donors (Lipinski definition) is 0. The van der Waals surface area contributed by atoms with Crippen LogP contribution in [0.2, 0.25) is 0 Å². The zero-order valence-electron chi connectivity index (χ0n) is 13.0. The molecule has 0 radical (unpaired) electrons. The Bertz CT molecular complexity index is 565. The van der Waals surface area contributed by atoms with Crippen molar-refractivity contribution >= 4 is 11.6 Å². The number of rotatable bonds is 6. The van der Waals surface area contributed by atoms with Crippen molar-refractivity contribution in [1.29, 1.82) is 0 Å². The first-order valence-electron chi connectivity index (χ1n) is 7.59. The quantitative estimate of drug-likeness (QED) is 0.607. The van der Waals surface area contributed by atoms with Gasteiger partial charge in [-0.25, -0.2) is 0 Å². The molecule has 0 N–H and O–H groups in total. The van der Waals surface area contributed by atoms with E-state index in [1.807, 2.05) is 19.1 Å². The van der Waals surface area contributed by atoms with Crippen molar-refractivity contribution < 1.29 is 4.74 Å². The van der Waals surface area contributed by atoms with Crippen molar-refractivity contribution in [3.05, 3.63) is 65.2 Å². The van der Waals surface area contributed by atoms with Crippen molar-refractivity contribution in [3.63, 3.8) is 0 Å². The molecular weight excluding hydrogens is 280 g/mol. The zero-order chi connectivity index (χ0) is 15.2. The number of aryl methyl sites for hydroxylation is 1. The molecule has 0 aliphatic heterocycles. The third-order valence-electron chi connectivity index (χ3n) is 3.78. The molecule has 21 heavy (non-hydrogen) atoms. The Balaban J connectivity index is 2.37. The van der Waals surface area contributed by atoms with Gasteiger partial charge in [-0.05, 0) is 31.9 Å². The van der Waals surface area contributed by atoms with Crippen molar-refractivity contribution in [2.75, 3.05) is 6.61 Å². The monoisotopic (exact) mass is 302 g/mol. The van der Waals surface area contributed by atoms with Crippen LogP contribution in [0, 0.1) is 6.92 Å². The molecule has 2 rings (SSSR count). The molecule has 2 atom stereocenters. The Hall–Kier alpha value is -1.47. The molecule has 2 aromatic rings. The average molecular weight is 303 g/mol. The van der Waals surface area contributed by atoms with Crippen LogP contribution in [0.3, 0.4) is 0 Å². The molecule has 2 heteroatoms. The number of alkyl halides is 1. The molecule has 0 bridgehead atoms. The third-order valence-corrected chi connectivity index (χ3v) is 4.32. The van der Waals surface area contributed by atoms with Gasteiger partial charge in [0.15, 0.2) is 0 Å². The molecule has 2 unspecified atom stereocenters. The fraction of sp³-hybridized carbons (Fsp3) is 0.368. The maximum Gasteiger partial charge on any atom is 0.124 e. The van der Waals surface area contributed by atoms with Crippen LogP contribution in [0.25, 0.3) is 0 Å². The normalized spacial score (nSPS) is 13.7. The van der Waals surface area contributed by atoms with Crippen LogP contribution in [0.5, 0.6) is 5.75 Å². The predicted octanol–water partition coefficient (Wildman–Crippen LogP) is 5.87. The second-order valence-electron chi connectivity index (χ2n) is 5.30. The summed E-state index contributed by atoms with van der Waals surface area (Å²) >= 11 is 6.84. The fourth-order valence-electron chi connectivity index (χ4n) is 2.70. The van der Waals surface area contributed by atoms with Gasteiger partial charge in [0.1, 0.15) is 5.75 Å². The molecule has 0 amide bonds. The summed E-state index contributed by atoms with van der Waals surface area (Å²) in [4.78, 5) is 0. The minimum Gasteiger partial charge on any atom is -0.494 e. The summed E-state index contributed by atoms with van der Waals surface area (Å²) in [5, 5.41) is -0.0844. The Morgan fingerprint density at radius 2 is 1.76 bits per heavy atom. The van der Waals surface area contributed by atoms with E-state index in [0.29, 0.717) is 6.61 Å². The summed E-state index contributed by atoms with van der Waals surface area (Å²) in [6.07, 6.45) is 0.998. The second kappa shape index (κ2) is 7.51. The lowest BCUT2D eigenvalue weighted by atomic mass is 9.88. The van der Waals surface area contributed by atoms with E-state index in [4.69, 9.17) is 16.3 Å². The average Bonchev–Trinajstić information content (AvgIpc) is 2.51. The van der Waals surface area contributed by atoms with Gasteiger partial charge in [-0.2, -0.15) is 0 Å². The molecule has 112 valence electrons. The van der Waals surface area contributed by atoms with Crippen LogP contribution in [-0.4, -0.2) is 6.61 Å². The highest BCUT2D eigenvalue weighted by atomic mass is 35.5. The molecule has 0 aliphatic rings. The second-order valence-corrected chi connectivity index (χ2v) is 5.77. The molecule has 0 heterocycles. The van der Waals surface area contributed by atoms with Gasteiger partial charge in [-0.3, -0.25) is 0 Å². The molecule has 0 spiro atoms. The van der Waals surface area contributed by atoms with Crippen LogP contribution in [0.4, 0.5) is 0 Å². The van der Waals surface area contributed by atoms with Crippen LogP contribution in [0.1, 0.15) is 48.3 Å². The summed E-state index contributed by atoms with van der Waals surface area (Å²) in [7, 11) is 0. The number of halogens is 1. The summed E-state index contributed by atoms with van der Waals surface area (Å²) in [5.41, 5.74) is 3.58. The van der Waals surface area contributed by atoms with Gasteiger partial charge in [0.2, 0.25) is 0 Å². The van der Waals surface area contributed by atoms with Gasteiger partial charge in [0, 0.05) is 11.5 Å². The van der Waals surface area contributed by atoms with Crippen molar-refractivity contribution in [2.24, 2.45) is 0 Å². The summed E-state index contributed by atoms with van der Waals surface area (Å²) in [6, 6.07) is 16.7. The van der Waals surface area contributed by atoms with Gasteiger partial charge in [-0.1, -0.05) is 55.0 Å². The third kappa shape index (κ3) is 3.79. The Morgan fingerprint density at radius 1 is 1.05 bits per heavy atom. The van der Waals surface area contributed by atoms with Gasteiger partial charge >= 0.3 is 0 Å². The van der Waals surface area contributed by atoms with Gasteiger partial charge < -0.3 is 4.74 Å². The number of hydrogen-bond acceptors (Lipinski definition) is 1. The van der Waals surface area contributed by atoms with E-state index in [-0.39, 0.29) is 11.3 Å². The minimum atomic E-state index is -0.0844. The Morgan fingerprint density at radius 3 is 2.38 bits per heavy atom. The molecule has 0 aliphatic carbocycles. The first-order valence-corrected chi connectivity index (χ1v) is 8.03. The molecule has 0 saturated carbocycles. The lowest BCUT2D eigenvalue weighted by Gasteiger charge is -2.24. The number of benzene rings is 2. The van der Waals surface area contributed by atoms with E-state index in [9.17, 15) is 0 Å². The summed E-state index contributed by atoms with van der Waals surface area (Å²) < 4.78 is 5.76. The summed E-state index contributed by atoms with van der Waals surface area (Å²) in [5.74, 6) is 1.19. The standard InChI is InChI=1S/C19H23ClO/c1-4-16(15-9-7-6-8-10-15)19(20)17-13-14(3)11-12-18(17)21-5-2/h6-13,16,19H,4-5H2,1-3H3. The van der Waals surface area contributed by atoms with E-state index in [0.717, 1.165) is 17.7 Å². The van der Waals surface area contributed by atoms with Gasteiger partial charge in [-0.15, -0.1) is 11.6 Å². The van der Waals surface area contributed by atoms with Crippen molar-refractivity contribution in [3.8, 4) is 5.75 Å². The van der Waals surface area contributed by atoms with Crippen LogP contribution in [-0.2, 0) is 0 Å². The Kier molecular flexibility index (Phi) is 5.69. The van der Waals surface area contributed by atoms with Crippen LogP contribution >= 0.6 is 11.6 Å². The largest absolute Gasteiger partial charge is 0.494 e. The smallest absolute Gasteiger partial charge is 0.124 e. The molecule has 0 aromatic heterocycles. The van der Waals surface area contributed by atoms with E-state index >= 15 is 0 Å². The van der Waals surface area contributed by atoms with E-state index < -0.39 is 0 Å². The van der Waals surface area contributed by atoms with E-state index in [2.05, 4.69) is 50.2 Å². The highest BCUT2D eigenvalue weighted by Crippen LogP contribution is 2.42. The van der Waals surface area contributed by atoms with Crippen molar-refractivity contribution in [2.45, 2.75) is 38.5 Å². The lowest BCUT2D eigenvalue weighted by molar-refractivity contribution is 0.335. The van der Waals surface area contributed by atoms with Gasteiger partial charge in [0.05, 0.1) is 12.0 Å². The van der Waals surface area contributed by atoms with E-state index in [1.54, 1.807) is 0 Å². The molecular formula is C19H23ClO. The lowest BCUT2D eigenvalue weighted by Crippen LogP contribution is -2.08. The van der Waals surface area contributed by atoms with E-state index in [1.165, 1.54) is 11.1 Å². The predicted molar refractivity (Wildman–Crippen MR) is 90.4 cm³/mol. The molecule has 2 aromatic carbocycles. The molecule has 1 nitrogen and oxygen atoms in total. The zero-order valence-corrected chi connectivity index (χ0v) is 13.7. The number of ether oxygens (including phenoxy) is 1. The highest BCUT2D eigenvalue weighted by molar-refractivity contribution is 6.21. The van der Waals surface area contributed by atoms with Crippen LogP contribution < -0.4 is 4.74 Å². The maximum atomic E-state index is 6.84. The van der Waals surface area contributed by atoms with Crippen LogP contribution in [0.15, 0.2) is 48.5 Å². The fourth-order valence-corrected chi connectivity index (χ4v) is 3.19. The summed E-state index contributed by atoms with van der Waals surface area (Å²) in [6.45, 7) is 6.93. The SMILES string of the molecule is CCOc1ccc(C)cc1C(Cl)C(CC)c1ccccc1. The maximum absolute atomic E-state index is 6.84. The molecule has 0 fully saturated rings.